The maximum Gasteiger partial charge on any atom is 0.416 e. The third-order valence-corrected chi connectivity index (χ3v) is 3.57. The summed E-state index contributed by atoms with van der Waals surface area (Å²) in [6, 6.07) is 10.4. The molecule has 4 nitrogen and oxygen atoms in total. The molecule has 122 valence electrons. The smallest absolute Gasteiger partial charge is 0.351 e. The van der Waals surface area contributed by atoms with Crippen molar-refractivity contribution in [1.29, 1.82) is 0 Å². The molecule has 0 aliphatic rings. The molecule has 2 aromatic carbocycles. The highest BCUT2D eigenvalue weighted by Gasteiger charge is 2.30. The van der Waals surface area contributed by atoms with Gasteiger partial charge >= 0.3 is 12.2 Å². The second-order valence-corrected chi connectivity index (χ2v) is 5.09. The predicted octanol–water partition coefficient (Wildman–Crippen LogP) is 4.47. The minimum atomic E-state index is -4.44. The van der Waals surface area contributed by atoms with Crippen LogP contribution in [0.3, 0.4) is 0 Å². The van der Waals surface area contributed by atoms with E-state index in [1.54, 1.807) is 30.6 Å². The van der Waals surface area contributed by atoms with E-state index in [-0.39, 0.29) is 5.69 Å². The Morgan fingerprint density at radius 2 is 1.75 bits per heavy atom. The van der Waals surface area contributed by atoms with Crippen LogP contribution in [0.25, 0.3) is 10.8 Å². The lowest BCUT2D eigenvalue weighted by Gasteiger charge is -2.22. The van der Waals surface area contributed by atoms with Crippen molar-refractivity contribution in [2.75, 3.05) is 4.90 Å². The van der Waals surface area contributed by atoms with Crippen LogP contribution < -0.4 is 10.6 Å². The molecular formula is C17H12F3N3O. The number of amides is 2. The molecule has 0 saturated carbocycles. The SMILES string of the molecule is NC(=O)N(c1ccc(C(F)(F)F)cc1)c1cccc2cnccc12. The molecule has 24 heavy (non-hydrogen) atoms. The molecule has 3 rings (SSSR count). The van der Waals surface area contributed by atoms with Gasteiger partial charge in [-0.05, 0) is 36.4 Å². The lowest BCUT2D eigenvalue weighted by Crippen LogP contribution is -2.31. The summed E-state index contributed by atoms with van der Waals surface area (Å²) in [5.41, 5.74) is 5.40. The molecule has 3 aromatic rings. The van der Waals surface area contributed by atoms with Crippen molar-refractivity contribution in [1.82, 2.24) is 4.98 Å². The molecule has 0 aliphatic heterocycles. The lowest BCUT2D eigenvalue weighted by molar-refractivity contribution is -0.137. The Morgan fingerprint density at radius 3 is 2.38 bits per heavy atom. The zero-order valence-electron chi connectivity index (χ0n) is 12.3. The highest BCUT2D eigenvalue weighted by Crippen LogP contribution is 2.34. The monoisotopic (exact) mass is 331 g/mol. The van der Waals surface area contributed by atoms with Gasteiger partial charge in [-0.1, -0.05) is 12.1 Å². The van der Waals surface area contributed by atoms with Gasteiger partial charge in [-0.25, -0.2) is 4.79 Å². The number of pyridine rings is 1. The first kappa shape index (κ1) is 15.8. The summed E-state index contributed by atoms with van der Waals surface area (Å²) in [6.45, 7) is 0. The second kappa shape index (κ2) is 5.84. The first-order chi connectivity index (χ1) is 11.4. The van der Waals surface area contributed by atoms with Crippen LogP contribution in [0, 0.1) is 0 Å². The van der Waals surface area contributed by atoms with E-state index in [0.29, 0.717) is 11.1 Å². The van der Waals surface area contributed by atoms with Crippen molar-refractivity contribution in [3.63, 3.8) is 0 Å². The summed E-state index contributed by atoms with van der Waals surface area (Å²) in [5, 5.41) is 1.50. The van der Waals surface area contributed by atoms with E-state index >= 15 is 0 Å². The number of hydrogen-bond acceptors (Lipinski definition) is 2. The van der Waals surface area contributed by atoms with Gasteiger partial charge in [0.05, 0.1) is 16.9 Å². The molecule has 7 heteroatoms. The predicted molar refractivity (Wildman–Crippen MR) is 84.9 cm³/mol. The number of benzene rings is 2. The number of fused-ring (bicyclic) bond motifs is 1. The normalized spacial score (nSPS) is 11.5. The first-order valence-electron chi connectivity index (χ1n) is 6.97. The van der Waals surface area contributed by atoms with Gasteiger partial charge in [0.1, 0.15) is 0 Å². The molecule has 1 aromatic heterocycles. The number of urea groups is 1. The van der Waals surface area contributed by atoms with Crippen molar-refractivity contribution in [3.05, 3.63) is 66.5 Å². The van der Waals surface area contributed by atoms with Crippen LogP contribution in [0.2, 0.25) is 0 Å². The second-order valence-electron chi connectivity index (χ2n) is 5.09. The number of alkyl halides is 3. The summed E-state index contributed by atoms with van der Waals surface area (Å²) < 4.78 is 38.1. The van der Waals surface area contributed by atoms with Crippen LogP contribution in [-0.4, -0.2) is 11.0 Å². The van der Waals surface area contributed by atoms with Crippen molar-refractivity contribution < 1.29 is 18.0 Å². The van der Waals surface area contributed by atoms with Crippen molar-refractivity contribution in [2.45, 2.75) is 6.18 Å². The van der Waals surface area contributed by atoms with E-state index in [2.05, 4.69) is 4.98 Å². The summed E-state index contributed by atoms with van der Waals surface area (Å²) in [6.07, 6.45) is -1.25. The molecule has 1 heterocycles. The van der Waals surface area contributed by atoms with Crippen molar-refractivity contribution in [2.24, 2.45) is 5.73 Å². The number of halogens is 3. The van der Waals surface area contributed by atoms with Gasteiger partial charge in [-0.3, -0.25) is 9.88 Å². The quantitative estimate of drug-likeness (QED) is 0.753. The molecule has 0 radical (unpaired) electrons. The fourth-order valence-corrected chi connectivity index (χ4v) is 2.48. The molecular weight excluding hydrogens is 319 g/mol. The highest BCUT2D eigenvalue weighted by molar-refractivity contribution is 6.07. The summed E-state index contributed by atoms with van der Waals surface area (Å²) in [5.74, 6) is 0. The van der Waals surface area contributed by atoms with E-state index in [1.807, 2.05) is 6.07 Å². The number of carbonyl (C=O) groups excluding carboxylic acids is 1. The van der Waals surface area contributed by atoms with Crippen LogP contribution in [-0.2, 0) is 6.18 Å². The maximum atomic E-state index is 12.7. The average molecular weight is 331 g/mol. The minimum absolute atomic E-state index is 0.250. The van der Waals surface area contributed by atoms with E-state index in [0.717, 1.165) is 17.5 Å². The number of primary amides is 1. The standard InChI is InChI=1S/C17H12F3N3O/c18-17(19,20)12-4-6-13(7-5-12)23(16(21)24)15-3-1-2-11-10-22-9-8-14(11)15/h1-10H,(H2,21,24). The Labute approximate surface area is 135 Å². The van der Waals surface area contributed by atoms with Crippen LogP contribution in [0.1, 0.15) is 5.56 Å². The zero-order valence-corrected chi connectivity index (χ0v) is 12.3. The largest absolute Gasteiger partial charge is 0.416 e. The maximum absolute atomic E-state index is 12.7. The number of rotatable bonds is 2. The van der Waals surface area contributed by atoms with E-state index in [1.165, 1.54) is 17.0 Å². The molecule has 2 amide bonds. The number of nitrogens with two attached hydrogens (primary N) is 1. The van der Waals surface area contributed by atoms with E-state index < -0.39 is 17.8 Å². The topological polar surface area (TPSA) is 59.2 Å². The third-order valence-electron chi connectivity index (χ3n) is 3.57. The molecule has 0 bridgehead atoms. The molecule has 0 fully saturated rings. The average Bonchev–Trinajstić information content (AvgIpc) is 2.55. The fourth-order valence-electron chi connectivity index (χ4n) is 2.48. The Balaban J connectivity index is 2.12. The van der Waals surface area contributed by atoms with Gasteiger partial charge in [0.15, 0.2) is 0 Å². The van der Waals surface area contributed by atoms with Crippen LogP contribution >= 0.6 is 0 Å². The van der Waals surface area contributed by atoms with Crippen molar-refractivity contribution >= 4 is 28.2 Å². The molecule has 0 spiro atoms. The Hall–Kier alpha value is -3.09. The van der Waals surface area contributed by atoms with Gasteiger partial charge < -0.3 is 5.73 Å². The van der Waals surface area contributed by atoms with Gasteiger partial charge in [0.2, 0.25) is 0 Å². The number of nitrogens with zero attached hydrogens (tertiary/aromatic N) is 2. The summed E-state index contributed by atoms with van der Waals surface area (Å²) in [4.78, 5) is 17.1. The lowest BCUT2D eigenvalue weighted by atomic mass is 10.1. The summed E-state index contributed by atoms with van der Waals surface area (Å²) >= 11 is 0. The first-order valence-corrected chi connectivity index (χ1v) is 6.97. The Kier molecular flexibility index (Phi) is 3.84. The van der Waals surface area contributed by atoms with Crippen LogP contribution in [0.15, 0.2) is 60.9 Å². The highest BCUT2D eigenvalue weighted by atomic mass is 19.4. The number of aromatic nitrogens is 1. The Bertz CT molecular complexity index is 886. The third kappa shape index (κ3) is 2.88. The molecule has 2 N–H and O–H groups in total. The van der Waals surface area contributed by atoms with Gasteiger partial charge in [-0.2, -0.15) is 13.2 Å². The fraction of sp³-hybridized carbons (Fsp3) is 0.0588. The zero-order chi connectivity index (χ0) is 17.3. The minimum Gasteiger partial charge on any atom is -0.351 e. The van der Waals surface area contributed by atoms with E-state index in [4.69, 9.17) is 5.73 Å². The van der Waals surface area contributed by atoms with E-state index in [9.17, 15) is 18.0 Å². The number of hydrogen-bond donors (Lipinski definition) is 1. The Morgan fingerprint density at radius 1 is 1.04 bits per heavy atom. The summed E-state index contributed by atoms with van der Waals surface area (Å²) in [7, 11) is 0. The van der Waals surface area contributed by atoms with Crippen LogP contribution in [0.4, 0.5) is 29.3 Å². The van der Waals surface area contributed by atoms with Gasteiger partial charge in [0.25, 0.3) is 0 Å². The van der Waals surface area contributed by atoms with Crippen molar-refractivity contribution in [3.8, 4) is 0 Å². The van der Waals surface area contributed by atoms with Crippen LogP contribution in [0.5, 0.6) is 0 Å². The number of anilines is 2. The van der Waals surface area contributed by atoms with Gasteiger partial charge in [-0.15, -0.1) is 0 Å². The number of carbonyl (C=O) groups is 1. The molecule has 0 unspecified atom stereocenters. The van der Waals surface area contributed by atoms with Gasteiger partial charge in [0, 0.05) is 23.2 Å². The molecule has 0 saturated heterocycles. The molecule has 0 aliphatic carbocycles. The molecule has 0 atom stereocenters.